The van der Waals surface area contributed by atoms with E-state index in [2.05, 4.69) is 41.0 Å². The third-order valence-electron chi connectivity index (χ3n) is 5.98. The van der Waals surface area contributed by atoms with Crippen LogP contribution in [0.5, 0.6) is 0 Å². The van der Waals surface area contributed by atoms with Crippen LogP contribution in [0.3, 0.4) is 0 Å². The minimum Gasteiger partial charge on any atom is -0.481 e. The lowest BCUT2D eigenvalue weighted by atomic mass is 9.73. The number of aliphatic carboxylic acids is 1. The number of hydrogen-bond donors (Lipinski definition) is 1. The lowest BCUT2D eigenvalue weighted by Crippen LogP contribution is -2.52. The molecule has 0 amide bonds. The molecule has 3 heterocycles. The van der Waals surface area contributed by atoms with Crippen molar-refractivity contribution < 1.29 is 14.3 Å². The molecule has 0 bridgehead atoms. The molecule has 0 spiro atoms. The van der Waals surface area contributed by atoms with Gasteiger partial charge in [-0.05, 0) is 45.0 Å². The van der Waals surface area contributed by atoms with Gasteiger partial charge >= 0.3 is 5.97 Å². The molecule has 0 unspecified atom stereocenters. The highest BCUT2D eigenvalue weighted by molar-refractivity contribution is 5.76. The topological polar surface area (TPSA) is 56.9 Å². The van der Waals surface area contributed by atoms with Gasteiger partial charge in [0.1, 0.15) is 11.5 Å². The molecule has 0 radical (unpaired) electrons. The van der Waals surface area contributed by atoms with Crippen molar-refractivity contribution in [1.82, 2.24) is 9.80 Å². The number of nitrogens with zero attached hydrogens (tertiary/aromatic N) is 2. The Morgan fingerprint density at radius 2 is 2.00 bits per heavy atom. The van der Waals surface area contributed by atoms with Crippen LogP contribution < -0.4 is 0 Å². The van der Waals surface area contributed by atoms with Gasteiger partial charge in [0, 0.05) is 25.2 Å². The predicted molar refractivity (Wildman–Crippen MR) is 99.8 cm³/mol. The summed E-state index contributed by atoms with van der Waals surface area (Å²) in [6, 6.07) is 12.3. The molecule has 1 aromatic carbocycles. The fourth-order valence-corrected chi connectivity index (χ4v) is 4.55. The van der Waals surface area contributed by atoms with Crippen molar-refractivity contribution >= 4 is 5.97 Å². The highest BCUT2D eigenvalue weighted by Gasteiger charge is 2.54. The summed E-state index contributed by atoms with van der Waals surface area (Å²) >= 11 is 0. The van der Waals surface area contributed by atoms with E-state index < -0.39 is 11.4 Å². The number of rotatable bonds is 4. The monoisotopic (exact) mass is 354 g/mol. The van der Waals surface area contributed by atoms with Crippen LogP contribution in [0.25, 0.3) is 11.3 Å². The molecule has 2 aliphatic rings. The molecule has 138 valence electrons. The van der Waals surface area contributed by atoms with Crippen LogP contribution in [0.2, 0.25) is 0 Å². The molecule has 5 nitrogen and oxygen atoms in total. The molecular weight excluding hydrogens is 328 g/mol. The summed E-state index contributed by atoms with van der Waals surface area (Å²) in [6.07, 6.45) is 0.950. The maximum atomic E-state index is 12.0. The van der Waals surface area contributed by atoms with E-state index in [1.807, 2.05) is 19.2 Å². The Morgan fingerprint density at radius 3 is 2.73 bits per heavy atom. The van der Waals surface area contributed by atoms with Crippen LogP contribution in [0.1, 0.15) is 17.7 Å². The summed E-state index contributed by atoms with van der Waals surface area (Å²) < 4.78 is 6.04. The molecule has 2 aromatic rings. The average molecular weight is 354 g/mol. The maximum Gasteiger partial charge on any atom is 0.312 e. The standard InChI is InChI=1S/C21H26N2O3/c1-15-3-5-16(6-4-15)19-8-7-18(26-19)12-23-11-17-9-10-22(2)13-21(17,14-23)20(24)25/h3-8,17H,9-14H2,1-2H3,(H,24,25)/t17-,21-/m0/s1. The molecule has 2 atom stereocenters. The first-order valence-electron chi connectivity index (χ1n) is 9.26. The normalized spacial score (nSPS) is 26.8. The van der Waals surface area contributed by atoms with Gasteiger partial charge in [0.25, 0.3) is 0 Å². The van der Waals surface area contributed by atoms with Gasteiger partial charge in [0.05, 0.1) is 12.0 Å². The number of carboxylic acid groups (broad SMARTS) is 1. The highest BCUT2D eigenvalue weighted by Crippen LogP contribution is 2.42. The average Bonchev–Trinajstić information content (AvgIpc) is 3.20. The van der Waals surface area contributed by atoms with Crippen molar-refractivity contribution in [2.45, 2.75) is 19.9 Å². The van der Waals surface area contributed by atoms with Crippen LogP contribution in [-0.4, -0.2) is 54.1 Å². The lowest BCUT2D eigenvalue weighted by Gasteiger charge is -2.39. The van der Waals surface area contributed by atoms with Crippen LogP contribution in [0, 0.1) is 18.3 Å². The Bertz CT molecular complexity index is 798. The molecule has 4 rings (SSSR count). The Hall–Kier alpha value is -2.11. The molecule has 2 aliphatic heterocycles. The lowest BCUT2D eigenvalue weighted by molar-refractivity contribution is -0.154. The van der Waals surface area contributed by atoms with E-state index in [0.29, 0.717) is 19.6 Å². The summed E-state index contributed by atoms with van der Waals surface area (Å²) in [5.41, 5.74) is 1.66. The zero-order valence-corrected chi connectivity index (χ0v) is 15.4. The second-order valence-corrected chi connectivity index (χ2v) is 7.99. The zero-order valence-electron chi connectivity index (χ0n) is 15.4. The molecule has 5 heteroatoms. The van der Waals surface area contributed by atoms with Crippen LogP contribution >= 0.6 is 0 Å². The first-order valence-corrected chi connectivity index (χ1v) is 9.26. The number of fused-ring (bicyclic) bond motifs is 1. The number of likely N-dealkylation sites (tertiary alicyclic amines) is 2. The Morgan fingerprint density at radius 1 is 1.23 bits per heavy atom. The maximum absolute atomic E-state index is 12.0. The summed E-state index contributed by atoms with van der Waals surface area (Å²) in [7, 11) is 2.02. The van der Waals surface area contributed by atoms with Crippen LogP contribution in [0.4, 0.5) is 0 Å². The molecule has 1 N–H and O–H groups in total. The van der Waals surface area contributed by atoms with E-state index in [9.17, 15) is 9.90 Å². The summed E-state index contributed by atoms with van der Waals surface area (Å²) in [6.45, 7) is 5.78. The second-order valence-electron chi connectivity index (χ2n) is 7.99. The van der Waals surface area contributed by atoms with Gasteiger partial charge in [-0.2, -0.15) is 0 Å². The molecule has 0 saturated carbocycles. The molecule has 26 heavy (non-hydrogen) atoms. The van der Waals surface area contributed by atoms with Gasteiger partial charge in [-0.1, -0.05) is 29.8 Å². The minimum absolute atomic E-state index is 0.225. The van der Waals surface area contributed by atoms with Gasteiger partial charge in [0.2, 0.25) is 0 Å². The number of carboxylic acids is 1. The number of benzene rings is 1. The van der Waals surface area contributed by atoms with E-state index >= 15 is 0 Å². The van der Waals surface area contributed by atoms with Crippen molar-refractivity contribution in [3.05, 3.63) is 47.7 Å². The van der Waals surface area contributed by atoms with Crippen LogP contribution in [0.15, 0.2) is 40.8 Å². The zero-order chi connectivity index (χ0) is 18.3. The van der Waals surface area contributed by atoms with E-state index in [1.165, 1.54) is 5.56 Å². The van der Waals surface area contributed by atoms with Gasteiger partial charge < -0.3 is 14.4 Å². The minimum atomic E-state index is -0.656. The van der Waals surface area contributed by atoms with Gasteiger partial charge in [-0.25, -0.2) is 0 Å². The first-order chi connectivity index (χ1) is 12.5. The van der Waals surface area contributed by atoms with E-state index in [4.69, 9.17) is 4.42 Å². The number of hydrogen-bond acceptors (Lipinski definition) is 4. The largest absolute Gasteiger partial charge is 0.481 e. The Balaban J connectivity index is 1.49. The third kappa shape index (κ3) is 3.06. The fourth-order valence-electron chi connectivity index (χ4n) is 4.55. The SMILES string of the molecule is Cc1ccc(-c2ccc(CN3C[C@@H]4CCN(C)C[C@]4(C(=O)O)C3)o2)cc1. The molecule has 2 saturated heterocycles. The quantitative estimate of drug-likeness (QED) is 0.914. The number of carbonyl (C=O) groups is 1. The molecule has 1 aromatic heterocycles. The number of furan rings is 1. The Kier molecular flexibility index (Phi) is 4.37. The smallest absolute Gasteiger partial charge is 0.312 e. The summed E-state index contributed by atoms with van der Waals surface area (Å²) in [5, 5.41) is 9.90. The number of aryl methyl sites for hydroxylation is 1. The van der Waals surface area contributed by atoms with Gasteiger partial charge in [-0.15, -0.1) is 0 Å². The van der Waals surface area contributed by atoms with Crippen molar-refractivity contribution in [2.24, 2.45) is 11.3 Å². The molecule has 2 fully saturated rings. The van der Waals surface area contributed by atoms with E-state index in [1.54, 1.807) is 0 Å². The predicted octanol–water partition coefficient (Wildman–Crippen LogP) is 3.09. The van der Waals surface area contributed by atoms with E-state index in [-0.39, 0.29) is 5.92 Å². The summed E-state index contributed by atoms with van der Waals surface area (Å²) in [5.74, 6) is 1.33. The van der Waals surface area contributed by atoms with Gasteiger partial charge in [-0.3, -0.25) is 9.69 Å². The van der Waals surface area contributed by atoms with Crippen molar-refractivity contribution in [1.29, 1.82) is 0 Å². The third-order valence-corrected chi connectivity index (χ3v) is 5.98. The molecular formula is C21H26N2O3. The van der Waals surface area contributed by atoms with Crippen molar-refractivity contribution in [3.63, 3.8) is 0 Å². The van der Waals surface area contributed by atoms with E-state index in [0.717, 1.165) is 36.6 Å². The highest BCUT2D eigenvalue weighted by atomic mass is 16.4. The first kappa shape index (κ1) is 17.3. The number of piperidine rings is 1. The molecule has 0 aliphatic carbocycles. The van der Waals surface area contributed by atoms with Gasteiger partial charge in [0.15, 0.2) is 0 Å². The van der Waals surface area contributed by atoms with Crippen LogP contribution in [-0.2, 0) is 11.3 Å². The van der Waals surface area contributed by atoms with Crippen molar-refractivity contribution in [2.75, 3.05) is 33.2 Å². The fraction of sp³-hybridized carbons (Fsp3) is 0.476. The Labute approximate surface area is 154 Å². The second kappa shape index (κ2) is 6.56. The van der Waals surface area contributed by atoms with Crippen molar-refractivity contribution in [3.8, 4) is 11.3 Å². The summed E-state index contributed by atoms with van der Waals surface area (Å²) in [4.78, 5) is 16.4.